The van der Waals surface area contributed by atoms with Crippen LogP contribution in [-0.4, -0.2) is 43.0 Å². The second-order valence-corrected chi connectivity index (χ2v) is 8.46. The topological polar surface area (TPSA) is 141 Å². The molecule has 0 unspecified atom stereocenters. The smallest absolute Gasteiger partial charge is 0.550 e. The molecule has 0 aliphatic carbocycles. The van der Waals surface area contributed by atoms with Gasteiger partial charge in [0.25, 0.3) is 10.1 Å². The molecule has 172 valence electrons. The Hall–Kier alpha value is 0.300. The summed E-state index contributed by atoms with van der Waals surface area (Å²) >= 11 is 0. The normalized spacial score (nSPS) is 10.1. The van der Waals surface area contributed by atoms with Crippen molar-refractivity contribution in [2.75, 3.05) is 18.9 Å². The molecule has 29 heavy (non-hydrogen) atoms. The Morgan fingerprint density at radius 3 is 1.28 bits per heavy atom. The van der Waals surface area contributed by atoms with Gasteiger partial charge in [0.2, 0.25) is 0 Å². The molecule has 0 saturated heterocycles. The number of unbranched alkanes of at least 4 members (excludes halogenated alkanes) is 13. The summed E-state index contributed by atoms with van der Waals surface area (Å²) in [7, 11) is -3.92. The molecule has 0 rings (SSSR count). The van der Waals surface area contributed by atoms with Gasteiger partial charge >= 0.3 is 29.6 Å². The molecule has 0 saturated carbocycles. The maximum Gasteiger partial charge on any atom is 1.00 e. The van der Waals surface area contributed by atoms with Gasteiger partial charge in [0.1, 0.15) is 0 Å². The van der Waals surface area contributed by atoms with Crippen LogP contribution in [0.3, 0.4) is 0 Å². The molecule has 0 amide bonds. The van der Waals surface area contributed by atoms with Crippen molar-refractivity contribution in [1.82, 2.24) is 0 Å². The number of aliphatic carboxylic acids is 1. The Balaban J connectivity index is -0.000000216. The average Bonchev–Trinajstić information content (AvgIpc) is 2.58. The van der Waals surface area contributed by atoms with Gasteiger partial charge in [-0.2, -0.15) is 8.42 Å². The van der Waals surface area contributed by atoms with E-state index in [4.69, 9.17) is 25.3 Å². The van der Waals surface area contributed by atoms with Crippen molar-refractivity contribution in [3.8, 4) is 0 Å². The second-order valence-electron chi connectivity index (χ2n) is 6.89. The number of hydrogen-bond acceptors (Lipinski definition) is 6. The average molecular weight is 450 g/mol. The number of nitrogens with two attached hydrogens (primary N) is 1. The maximum atomic E-state index is 9.63. The van der Waals surface area contributed by atoms with E-state index in [0.29, 0.717) is 0 Å². The molecule has 0 aromatic heterocycles. The summed E-state index contributed by atoms with van der Waals surface area (Å²) in [6, 6.07) is 0. The van der Waals surface area contributed by atoms with Gasteiger partial charge in [-0.15, -0.1) is 0 Å². The summed E-state index contributed by atoms with van der Waals surface area (Å²) < 4.78 is 27.1. The molecule has 4 N–H and O–H groups in total. The van der Waals surface area contributed by atoms with Gasteiger partial charge in [0.15, 0.2) is 0 Å². The zero-order valence-electron chi connectivity index (χ0n) is 19.0. The first-order valence-corrected chi connectivity index (χ1v) is 12.3. The largest absolute Gasteiger partial charge is 1.00 e. The van der Waals surface area contributed by atoms with Gasteiger partial charge in [0.05, 0.1) is 12.4 Å². The van der Waals surface area contributed by atoms with Gasteiger partial charge in [0, 0.05) is 5.97 Å². The van der Waals surface area contributed by atoms with Crippen molar-refractivity contribution >= 4 is 16.1 Å². The third-order valence-electron chi connectivity index (χ3n) is 3.91. The molecule has 9 heteroatoms. The minimum absolute atomic E-state index is 0. The standard InChI is InChI=1S/C16H35N.C2H6O4S.C2H4O2.Na/c1-2-3-4-5-6-7-8-9-10-11-12-13-14-15-16-17;3-1-2-7(4,5)6;1-2(3)4;/h2-17H2,1H3;3H,1-2H2,(H,4,5,6);1H3,(H,3,4);/q;;;+1/p-1. The van der Waals surface area contributed by atoms with E-state index < -0.39 is 28.4 Å². The van der Waals surface area contributed by atoms with Gasteiger partial charge in [-0.3, -0.25) is 4.55 Å². The van der Waals surface area contributed by atoms with Crippen LogP contribution in [0.4, 0.5) is 0 Å². The van der Waals surface area contributed by atoms with Crippen molar-refractivity contribution in [2.24, 2.45) is 5.73 Å². The molecule has 0 aliphatic heterocycles. The zero-order chi connectivity index (χ0) is 22.1. The SMILES string of the molecule is CC(=O)[O-].CCCCCCCCCCCCCCCCN.O=S(=O)(O)CCO.[Na+]. The third-order valence-corrected chi connectivity index (χ3v) is 4.61. The van der Waals surface area contributed by atoms with E-state index in [1.165, 1.54) is 89.9 Å². The maximum absolute atomic E-state index is 9.63. The Morgan fingerprint density at radius 2 is 1.10 bits per heavy atom. The number of carbonyl (C=O) groups is 1. The van der Waals surface area contributed by atoms with Crippen LogP contribution in [0, 0.1) is 0 Å². The summed E-state index contributed by atoms with van der Waals surface area (Å²) in [5.41, 5.74) is 5.47. The van der Waals surface area contributed by atoms with E-state index in [0.717, 1.165) is 13.5 Å². The van der Waals surface area contributed by atoms with Crippen LogP contribution in [0.25, 0.3) is 0 Å². The van der Waals surface area contributed by atoms with Gasteiger partial charge in [-0.1, -0.05) is 90.4 Å². The first kappa shape index (κ1) is 36.7. The van der Waals surface area contributed by atoms with Crippen molar-refractivity contribution in [3.05, 3.63) is 0 Å². The van der Waals surface area contributed by atoms with Crippen molar-refractivity contribution in [2.45, 2.75) is 104 Å². The fraction of sp³-hybridized carbons (Fsp3) is 0.950. The number of hydrogen-bond donors (Lipinski definition) is 3. The van der Waals surface area contributed by atoms with Crippen molar-refractivity contribution < 1.29 is 57.5 Å². The molecule has 0 aromatic rings. The fourth-order valence-electron chi connectivity index (χ4n) is 2.45. The number of carboxylic acids is 1. The van der Waals surface area contributed by atoms with E-state index >= 15 is 0 Å². The second kappa shape index (κ2) is 30.5. The summed E-state index contributed by atoms with van der Waals surface area (Å²) in [5, 5.41) is 16.8. The van der Waals surface area contributed by atoms with E-state index in [1.54, 1.807) is 0 Å². The predicted octanol–water partition coefficient (Wildman–Crippen LogP) is 0.0531. The van der Waals surface area contributed by atoms with Crippen LogP contribution in [0.2, 0.25) is 0 Å². The molecule has 7 nitrogen and oxygen atoms in total. The summed E-state index contributed by atoms with van der Waals surface area (Å²) in [6.45, 7) is 3.60. The number of carbonyl (C=O) groups excluding carboxylic acids is 1. The molecule has 0 bridgehead atoms. The number of rotatable bonds is 16. The van der Waals surface area contributed by atoms with Crippen LogP contribution < -0.4 is 40.4 Å². The van der Waals surface area contributed by atoms with Gasteiger partial charge < -0.3 is 20.7 Å². The van der Waals surface area contributed by atoms with Gasteiger partial charge in [-0.05, 0) is 19.9 Å². The fourth-order valence-corrected chi connectivity index (χ4v) is 2.68. The van der Waals surface area contributed by atoms with Gasteiger partial charge in [-0.25, -0.2) is 0 Å². The summed E-state index contributed by atoms with van der Waals surface area (Å²) in [6.07, 6.45) is 19.9. The van der Waals surface area contributed by atoms with Crippen molar-refractivity contribution in [3.63, 3.8) is 0 Å². The Morgan fingerprint density at radius 1 is 0.828 bits per heavy atom. The van der Waals surface area contributed by atoms with E-state index in [-0.39, 0.29) is 29.6 Å². The summed E-state index contributed by atoms with van der Waals surface area (Å²) in [5.74, 6) is -1.66. The molecule has 0 aliphatic rings. The minimum Gasteiger partial charge on any atom is -0.550 e. The zero-order valence-corrected chi connectivity index (χ0v) is 21.9. The van der Waals surface area contributed by atoms with E-state index in [2.05, 4.69) is 6.92 Å². The van der Waals surface area contributed by atoms with Crippen LogP contribution >= 0.6 is 0 Å². The van der Waals surface area contributed by atoms with Crippen molar-refractivity contribution in [1.29, 1.82) is 0 Å². The number of carboxylic acid groups (broad SMARTS) is 1. The van der Waals surface area contributed by atoms with Crippen LogP contribution in [0.15, 0.2) is 0 Å². The summed E-state index contributed by atoms with van der Waals surface area (Å²) in [4.78, 5) is 8.89. The molecular weight excluding hydrogens is 405 g/mol. The molecular formula is C20H44NNaO6S. The molecule has 0 radical (unpaired) electrons. The Kier molecular flexibility index (Phi) is 38.5. The van der Waals surface area contributed by atoms with Crippen LogP contribution in [-0.2, 0) is 14.9 Å². The molecule has 0 spiro atoms. The molecule has 0 aromatic carbocycles. The quantitative estimate of drug-likeness (QED) is 0.172. The Labute approximate surface area is 201 Å². The third kappa shape index (κ3) is 58.5. The predicted molar refractivity (Wildman–Crippen MR) is 114 cm³/mol. The molecule has 0 heterocycles. The van der Waals surface area contributed by atoms with E-state index in [9.17, 15) is 8.42 Å². The van der Waals surface area contributed by atoms with E-state index in [1.807, 2.05) is 0 Å². The monoisotopic (exact) mass is 449 g/mol. The number of aliphatic hydroxyl groups excluding tert-OH is 1. The van der Waals surface area contributed by atoms with Crippen LogP contribution in [0.5, 0.6) is 0 Å². The molecule has 0 fully saturated rings. The Bertz CT molecular complexity index is 390. The first-order chi connectivity index (χ1) is 13.2. The number of aliphatic hydroxyl groups is 1. The van der Waals surface area contributed by atoms with Crippen LogP contribution in [0.1, 0.15) is 104 Å². The molecule has 0 atom stereocenters. The minimum atomic E-state index is -3.92. The first-order valence-electron chi connectivity index (χ1n) is 10.6.